The molecule has 1 aromatic heterocycles. The fourth-order valence-electron chi connectivity index (χ4n) is 3.36. The number of ether oxygens (including phenoxy) is 1. The number of rotatable bonds is 6. The zero-order valence-electron chi connectivity index (χ0n) is 16.8. The molecule has 6 nitrogen and oxygen atoms in total. The molecule has 1 N–H and O–H groups in total. The summed E-state index contributed by atoms with van der Waals surface area (Å²) in [5.74, 6) is 0.416. The summed E-state index contributed by atoms with van der Waals surface area (Å²) in [6, 6.07) is 16.9. The lowest BCUT2D eigenvalue weighted by Gasteiger charge is -2.22. The predicted octanol–water partition coefficient (Wildman–Crippen LogP) is 4.67. The molecule has 3 aromatic rings. The van der Waals surface area contributed by atoms with E-state index in [4.69, 9.17) is 4.74 Å². The van der Waals surface area contributed by atoms with Crippen molar-refractivity contribution in [2.45, 2.75) is 22.9 Å². The van der Waals surface area contributed by atoms with E-state index in [-0.39, 0.29) is 24.8 Å². The zero-order chi connectivity index (χ0) is 21.8. The number of hydrogen-bond acceptors (Lipinski definition) is 5. The molecule has 0 atom stereocenters. The van der Waals surface area contributed by atoms with Gasteiger partial charge >= 0.3 is 0 Å². The van der Waals surface area contributed by atoms with Crippen molar-refractivity contribution in [2.75, 3.05) is 18.6 Å². The number of carbonyl (C=O) groups is 2. The van der Waals surface area contributed by atoms with Gasteiger partial charge in [0.15, 0.2) is 0 Å². The van der Waals surface area contributed by atoms with Crippen molar-refractivity contribution < 1.29 is 14.3 Å². The molecule has 0 unspecified atom stereocenters. The smallest absolute Gasteiger partial charge is 0.261 e. The second-order valence-electron chi connectivity index (χ2n) is 6.87. The maximum absolute atomic E-state index is 13.2. The van der Waals surface area contributed by atoms with Crippen LogP contribution in [0, 0.1) is 0 Å². The Balaban J connectivity index is 1.48. The quantitative estimate of drug-likeness (QED) is 0.535. The van der Waals surface area contributed by atoms with Crippen molar-refractivity contribution in [1.82, 2.24) is 10.3 Å². The van der Waals surface area contributed by atoms with Crippen molar-refractivity contribution >= 4 is 45.2 Å². The van der Waals surface area contributed by atoms with Gasteiger partial charge in [0.05, 0.1) is 18.4 Å². The number of benzene rings is 2. The first kappa shape index (κ1) is 21.4. The molecular weight excluding hydrogens is 478 g/mol. The maximum atomic E-state index is 13.2. The minimum atomic E-state index is -0.151. The highest BCUT2D eigenvalue weighted by Crippen LogP contribution is 2.40. The van der Waals surface area contributed by atoms with E-state index >= 15 is 0 Å². The van der Waals surface area contributed by atoms with Gasteiger partial charge in [-0.2, -0.15) is 0 Å². The summed E-state index contributed by atoms with van der Waals surface area (Å²) in [5.41, 5.74) is 2.21. The normalized spacial score (nSPS) is 12.6. The molecule has 0 saturated carbocycles. The third-order valence-corrected chi connectivity index (χ3v) is 6.47. The lowest BCUT2D eigenvalue weighted by atomic mass is 10.2. The van der Waals surface area contributed by atoms with Crippen LogP contribution in [-0.2, 0) is 11.3 Å². The van der Waals surface area contributed by atoms with Crippen LogP contribution in [0.3, 0.4) is 0 Å². The van der Waals surface area contributed by atoms with Crippen LogP contribution in [0.25, 0.3) is 0 Å². The number of methoxy groups -OCH3 is 1. The van der Waals surface area contributed by atoms with Crippen molar-refractivity contribution in [3.05, 3.63) is 76.4 Å². The van der Waals surface area contributed by atoms with Gasteiger partial charge in [0.2, 0.25) is 5.91 Å². The number of nitrogens with zero attached hydrogens (tertiary/aromatic N) is 2. The molecule has 1 aliphatic heterocycles. The summed E-state index contributed by atoms with van der Waals surface area (Å²) in [6.07, 6.45) is 1.86. The number of pyridine rings is 1. The van der Waals surface area contributed by atoms with E-state index in [2.05, 4.69) is 26.2 Å². The molecule has 2 amide bonds. The van der Waals surface area contributed by atoms with Gasteiger partial charge < -0.3 is 15.0 Å². The number of amides is 2. The van der Waals surface area contributed by atoms with Gasteiger partial charge in [-0.25, -0.2) is 4.98 Å². The maximum Gasteiger partial charge on any atom is 0.261 e. The van der Waals surface area contributed by atoms with Gasteiger partial charge in [-0.05, 0) is 42.5 Å². The van der Waals surface area contributed by atoms with Crippen LogP contribution in [0.4, 0.5) is 5.69 Å². The highest BCUT2D eigenvalue weighted by Gasteiger charge is 2.28. The van der Waals surface area contributed by atoms with E-state index in [1.54, 1.807) is 30.3 Å². The zero-order valence-corrected chi connectivity index (χ0v) is 19.2. The van der Waals surface area contributed by atoms with Crippen molar-refractivity contribution in [3.63, 3.8) is 0 Å². The highest BCUT2D eigenvalue weighted by atomic mass is 79.9. The summed E-state index contributed by atoms with van der Waals surface area (Å²) < 4.78 is 6.27. The molecule has 31 heavy (non-hydrogen) atoms. The number of nitrogens with one attached hydrogen (secondary N) is 1. The fraction of sp³-hybridized carbons (Fsp3) is 0.174. The van der Waals surface area contributed by atoms with Crippen LogP contribution in [0.15, 0.2) is 75.2 Å². The minimum absolute atomic E-state index is 0.143. The SMILES string of the molecule is COc1ccc(Br)cc1CNC(=O)CCN1C(=O)c2cccnc2Sc2ccccc21. The fourth-order valence-corrected chi connectivity index (χ4v) is 4.79. The molecular formula is C23H20BrN3O3S. The first-order valence-electron chi connectivity index (χ1n) is 9.69. The molecule has 0 aliphatic carbocycles. The number of fused-ring (bicyclic) bond motifs is 2. The number of aromatic nitrogens is 1. The molecule has 2 heterocycles. The Labute approximate surface area is 193 Å². The Morgan fingerprint density at radius 1 is 1.19 bits per heavy atom. The second kappa shape index (κ2) is 9.53. The molecule has 0 saturated heterocycles. The number of hydrogen-bond donors (Lipinski definition) is 1. The van der Waals surface area contributed by atoms with Crippen LogP contribution in [0.1, 0.15) is 22.3 Å². The summed E-state index contributed by atoms with van der Waals surface area (Å²) in [4.78, 5) is 32.8. The molecule has 8 heteroatoms. The number of para-hydroxylation sites is 1. The van der Waals surface area contributed by atoms with Gasteiger partial charge in [0.25, 0.3) is 5.91 Å². The first-order chi connectivity index (χ1) is 15.1. The molecule has 1 aliphatic rings. The van der Waals surface area contributed by atoms with Crippen molar-refractivity contribution in [2.24, 2.45) is 0 Å². The molecule has 2 aromatic carbocycles. The van der Waals surface area contributed by atoms with E-state index in [0.717, 1.165) is 20.6 Å². The standard InChI is InChI=1S/C23H20BrN3O3S/c1-30-19-9-8-16(24)13-15(19)14-26-21(28)10-12-27-18-6-2-3-7-20(18)31-22-17(23(27)29)5-4-11-25-22/h2-9,11,13H,10,12,14H2,1H3,(H,26,28). The molecule has 0 fully saturated rings. The van der Waals surface area contributed by atoms with Crippen LogP contribution in [0.2, 0.25) is 0 Å². The highest BCUT2D eigenvalue weighted by molar-refractivity contribution is 9.10. The largest absolute Gasteiger partial charge is 0.496 e. The summed E-state index contributed by atoms with van der Waals surface area (Å²) in [7, 11) is 1.60. The van der Waals surface area contributed by atoms with Crippen LogP contribution in [-0.4, -0.2) is 30.5 Å². The minimum Gasteiger partial charge on any atom is -0.496 e. The Morgan fingerprint density at radius 2 is 2.03 bits per heavy atom. The third-order valence-electron chi connectivity index (χ3n) is 4.89. The van der Waals surface area contributed by atoms with Gasteiger partial charge in [-0.1, -0.05) is 39.8 Å². The lowest BCUT2D eigenvalue weighted by molar-refractivity contribution is -0.121. The van der Waals surface area contributed by atoms with E-state index in [1.807, 2.05) is 42.5 Å². The third kappa shape index (κ3) is 4.75. The predicted molar refractivity (Wildman–Crippen MR) is 124 cm³/mol. The van der Waals surface area contributed by atoms with Crippen molar-refractivity contribution in [1.29, 1.82) is 0 Å². The second-order valence-corrected chi connectivity index (χ2v) is 8.81. The topological polar surface area (TPSA) is 71.5 Å². The number of anilines is 1. The molecule has 4 rings (SSSR count). The molecule has 158 valence electrons. The average Bonchev–Trinajstić information content (AvgIpc) is 2.90. The molecule has 0 bridgehead atoms. The first-order valence-corrected chi connectivity index (χ1v) is 11.3. The van der Waals surface area contributed by atoms with E-state index in [9.17, 15) is 9.59 Å². The van der Waals surface area contributed by atoms with Gasteiger partial charge in [-0.15, -0.1) is 0 Å². The van der Waals surface area contributed by atoms with Gasteiger partial charge in [0, 0.05) is 40.6 Å². The Kier molecular flexibility index (Phi) is 6.58. The number of carbonyl (C=O) groups excluding carboxylic acids is 2. The van der Waals surface area contributed by atoms with E-state index in [1.165, 1.54) is 11.8 Å². The van der Waals surface area contributed by atoms with Crippen LogP contribution in [0.5, 0.6) is 5.75 Å². The van der Waals surface area contributed by atoms with Crippen LogP contribution < -0.4 is 15.0 Å². The summed E-state index contributed by atoms with van der Waals surface area (Å²) in [5, 5.41) is 3.59. The lowest BCUT2D eigenvalue weighted by Crippen LogP contribution is -2.35. The number of halogens is 1. The molecule has 0 radical (unpaired) electrons. The Morgan fingerprint density at radius 3 is 2.87 bits per heavy atom. The summed E-state index contributed by atoms with van der Waals surface area (Å²) in [6.45, 7) is 0.612. The Hall–Kier alpha value is -2.84. The monoisotopic (exact) mass is 497 g/mol. The Bertz CT molecular complexity index is 1140. The van der Waals surface area contributed by atoms with Gasteiger partial charge in [-0.3, -0.25) is 9.59 Å². The summed E-state index contributed by atoms with van der Waals surface area (Å²) >= 11 is 4.90. The average molecular weight is 498 g/mol. The molecule has 0 spiro atoms. The van der Waals surface area contributed by atoms with Crippen molar-refractivity contribution in [3.8, 4) is 5.75 Å². The van der Waals surface area contributed by atoms with Gasteiger partial charge in [0.1, 0.15) is 10.8 Å². The van der Waals surface area contributed by atoms with Crippen LogP contribution >= 0.6 is 27.7 Å². The van der Waals surface area contributed by atoms with E-state index < -0.39 is 0 Å². The van der Waals surface area contributed by atoms with E-state index in [0.29, 0.717) is 22.9 Å².